The fraction of sp³-hybridized carbons (Fsp3) is 0.333. The van der Waals surface area contributed by atoms with Gasteiger partial charge in [0.25, 0.3) is 0 Å². The molecule has 0 fully saturated rings. The molecule has 8 nitrogen and oxygen atoms in total. The third kappa shape index (κ3) is 5.80. The van der Waals surface area contributed by atoms with E-state index >= 15 is 0 Å². The van der Waals surface area contributed by atoms with Gasteiger partial charge in [-0.15, -0.1) is 0 Å². The van der Waals surface area contributed by atoms with Crippen molar-refractivity contribution in [2.75, 3.05) is 6.54 Å². The number of aromatic nitrogens is 1. The summed E-state index contributed by atoms with van der Waals surface area (Å²) in [5.41, 5.74) is 0.785. The average Bonchev–Trinajstić information content (AvgIpc) is 2.38. The number of nitrogens with zero attached hydrogens (tertiary/aromatic N) is 1. The van der Waals surface area contributed by atoms with E-state index in [-0.39, 0.29) is 6.54 Å². The summed E-state index contributed by atoms with van der Waals surface area (Å²) in [4.78, 5) is 36.7. The molecule has 2 amide bonds. The molecule has 0 unspecified atom stereocenters. The van der Waals surface area contributed by atoms with Gasteiger partial charge in [-0.05, 0) is 12.1 Å². The van der Waals surface area contributed by atoms with Crippen LogP contribution in [0.25, 0.3) is 0 Å². The molecule has 1 rings (SSSR count). The molecular formula is C12H15N3O5. The van der Waals surface area contributed by atoms with Crippen LogP contribution >= 0.6 is 0 Å². The third-order valence-corrected chi connectivity index (χ3v) is 2.38. The normalized spacial score (nSPS) is 11.4. The van der Waals surface area contributed by atoms with Gasteiger partial charge in [-0.2, -0.15) is 0 Å². The molecule has 1 aromatic heterocycles. The summed E-state index contributed by atoms with van der Waals surface area (Å²) in [5, 5.41) is 21.8. The minimum absolute atomic E-state index is 0.266. The van der Waals surface area contributed by atoms with Gasteiger partial charge in [0, 0.05) is 24.9 Å². The molecule has 0 saturated heterocycles. The standard InChI is InChI=1S/C12H15N3O5/c16-10(17)7-9(11(18)19)15-12(20)14-6-4-8-3-1-2-5-13-8/h1-3,5,9H,4,6-7H2,(H,16,17)(H,18,19)(H2,14,15,20)/t9-/m1/s1. The van der Waals surface area contributed by atoms with Crippen LogP contribution in [-0.2, 0) is 16.0 Å². The maximum absolute atomic E-state index is 11.4. The summed E-state index contributed by atoms with van der Waals surface area (Å²) < 4.78 is 0. The van der Waals surface area contributed by atoms with E-state index in [9.17, 15) is 14.4 Å². The highest BCUT2D eigenvalue weighted by atomic mass is 16.4. The van der Waals surface area contributed by atoms with Crippen molar-refractivity contribution in [3.63, 3.8) is 0 Å². The van der Waals surface area contributed by atoms with Crippen LogP contribution in [0.2, 0.25) is 0 Å². The monoisotopic (exact) mass is 281 g/mol. The van der Waals surface area contributed by atoms with Crippen molar-refractivity contribution in [1.29, 1.82) is 0 Å². The van der Waals surface area contributed by atoms with Crippen molar-refractivity contribution in [3.8, 4) is 0 Å². The Balaban J connectivity index is 2.35. The SMILES string of the molecule is O=C(O)C[C@@H](NC(=O)NCCc1ccccn1)C(=O)O. The van der Waals surface area contributed by atoms with Crippen molar-refractivity contribution < 1.29 is 24.6 Å². The van der Waals surface area contributed by atoms with E-state index in [0.29, 0.717) is 6.42 Å². The first-order valence-electron chi connectivity index (χ1n) is 5.88. The maximum atomic E-state index is 11.4. The Morgan fingerprint density at radius 2 is 2.00 bits per heavy atom. The molecule has 0 aliphatic carbocycles. The number of pyridine rings is 1. The molecule has 0 radical (unpaired) electrons. The summed E-state index contributed by atoms with van der Waals surface area (Å²) >= 11 is 0. The van der Waals surface area contributed by atoms with Crippen LogP contribution in [0.3, 0.4) is 0 Å². The number of carbonyl (C=O) groups is 3. The molecule has 0 bridgehead atoms. The van der Waals surface area contributed by atoms with Crippen LogP contribution in [0.15, 0.2) is 24.4 Å². The molecule has 1 aromatic rings. The third-order valence-electron chi connectivity index (χ3n) is 2.38. The number of urea groups is 1. The van der Waals surface area contributed by atoms with E-state index in [1.165, 1.54) is 0 Å². The van der Waals surface area contributed by atoms with Gasteiger partial charge in [-0.1, -0.05) is 6.07 Å². The molecular weight excluding hydrogens is 266 g/mol. The van der Waals surface area contributed by atoms with Gasteiger partial charge in [0.2, 0.25) is 0 Å². The van der Waals surface area contributed by atoms with E-state index in [2.05, 4.69) is 15.6 Å². The van der Waals surface area contributed by atoms with Crippen LogP contribution in [0.4, 0.5) is 4.79 Å². The molecule has 20 heavy (non-hydrogen) atoms. The number of amides is 2. The quantitative estimate of drug-likeness (QED) is 0.550. The summed E-state index contributed by atoms with van der Waals surface area (Å²) in [7, 11) is 0. The summed E-state index contributed by atoms with van der Waals surface area (Å²) in [6.07, 6.45) is 1.44. The molecule has 0 aliphatic rings. The Hall–Kier alpha value is -2.64. The smallest absolute Gasteiger partial charge is 0.326 e. The van der Waals surface area contributed by atoms with E-state index in [1.54, 1.807) is 18.3 Å². The highest BCUT2D eigenvalue weighted by Crippen LogP contribution is 1.94. The average molecular weight is 281 g/mol. The zero-order valence-electron chi connectivity index (χ0n) is 10.6. The first kappa shape index (κ1) is 15.4. The first-order valence-corrected chi connectivity index (χ1v) is 5.88. The molecule has 0 saturated carbocycles. The zero-order valence-corrected chi connectivity index (χ0v) is 10.6. The molecule has 4 N–H and O–H groups in total. The van der Waals surface area contributed by atoms with E-state index in [4.69, 9.17) is 10.2 Å². The largest absolute Gasteiger partial charge is 0.481 e. The van der Waals surface area contributed by atoms with Crippen molar-refractivity contribution in [2.24, 2.45) is 0 Å². The fourth-order valence-corrected chi connectivity index (χ4v) is 1.43. The number of hydrogen-bond donors (Lipinski definition) is 4. The van der Waals surface area contributed by atoms with Gasteiger partial charge < -0.3 is 20.8 Å². The minimum Gasteiger partial charge on any atom is -0.481 e. The number of rotatable bonds is 7. The number of carboxylic acids is 2. The van der Waals surface area contributed by atoms with Gasteiger partial charge in [-0.3, -0.25) is 9.78 Å². The zero-order chi connectivity index (χ0) is 15.0. The molecule has 8 heteroatoms. The highest BCUT2D eigenvalue weighted by molar-refractivity contribution is 5.86. The van der Waals surface area contributed by atoms with Gasteiger partial charge in [0.15, 0.2) is 0 Å². The second kappa shape index (κ2) is 7.72. The summed E-state index contributed by atoms with van der Waals surface area (Å²) in [6, 6.07) is 3.20. The fourth-order valence-electron chi connectivity index (χ4n) is 1.43. The molecule has 0 spiro atoms. The van der Waals surface area contributed by atoms with E-state index < -0.39 is 30.4 Å². The molecule has 108 valence electrons. The number of hydrogen-bond acceptors (Lipinski definition) is 4. The number of nitrogens with one attached hydrogen (secondary N) is 2. The van der Waals surface area contributed by atoms with Gasteiger partial charge in [0.1, 0.15) is 6.04 Å². The number of carboxylic acid groups (broad SMARTS) is 2. The van der Waals surface area contributed by atoms with Crippen LogP contribution in [0.1, 0.15) is 12.1 Å². The Morgan fingerprint density at radius 1 is 1.25 bits per heavy atom. The lowest BCUT2D eigenvalue weighted by atomic mass is 10.2. The number of aliphatic carboxylic acids is 2. The van der Waals surface area contributed by atoms with E-state index in [1.807, 2.05) is 6.07 Å². The lowest BCUT2D eigenvalue weighted by Crippen LogP contribution is -2.47. The molecule has 0 aromatic carbocycles. The number of carbonyl (C=O) groups excluding carboxylic acids is 1. The maximum Gasteiger partial charge on any atom is 0.326 e. The lowest BCUT2D eigenvalue weighted by molar-refractivity contribution is -0.145. The Kier molecular flexibility index (Phi) is 5.95. The molecule has 1 atom stereocenters. The van der Waals surface area contributed by atoms with Crippen LogP contribution in [-0.4, -0.2) is 45.8 Å². The van der Waals surface area contributed by atoms with Crippen molar-refractivity contribution in [1.82, 2.24) is 15.6 Å². The Bertz CT molecular complexity index is 477. The van der Waals surface area contributed by atoms with Gasteiger partial charge in [-0.25, -0.2) is 9.59 Å². The molecule has 0 aliphatic heterocycles. The topological polar surface area (TPSA) is 129 Å². The van der Waals surface area contributed by atoms with Crippen LogP contribution < -0.4 is 10.6 Å². The highest BCUT2D eigenvalue weighted by Gasteiger charge is 2.22. The van der Waals surface area contributed by atoms with Gasteiger partial charge >= 0.3 is 18.0 Å². The molecule has 1 heterocycles. The summed E-state index contributed by atoms with van der Waals surface area (Å²) in [5.74, 6) is -2.70. The van der Waals surface area contributed by atoms with Gasteiger partial charge in [0.05, 0.1) is 6.42 Å². The Labute approximate surface area is 114 Å². The van der Waals surface area contributed by atoms with Crippen molar-refractivity contribution in [2.45, 2.75) is 18.9 Å². The van der Waals surface area contributed by atoms with Crippen molar-refractivity contribution >= 4 is 18.0 Å². The minimum atomic E-state index is -1.46. The van der Waals surface area contributed by atoms with Crippen LogP contribution in [0, 0.1) is 0 Å². The van der Waals surface area contributed by atoms with Crippen molar-refractivity contribution in [3.05, 3.63) is 30.1 Å². The van der Waals surface area contributed by atoms with E-state index in [0.717, 1.165) is 5.69 Å². The first-order chi connectivity index (χ1) is 9.49. The predicted octanol–water partition coefficient (Wildman–Crippen LogP) is -0.149. The summed E-state index contributed by atoms with van der Waals surface area (Å²) in [6.45, 7) is 0.266. The lowest BCUT2D eigenvalue weighted by Gasteiger charge is -2.13. The second-order valence-electron chi connectivity index (χ2n) is 3.96. The Morgan fingerprint density at radius 3 is 2.55 bits per heavy atom. The van der Waals surface area contributed by atoms with Crippen LogP contribution in [0.5, 0.6) is 0 Å². The predicted molar refractivity (Wildman–Crippen MR) is 68.2 cm³/mol. The second-order valence-corrected chi connectivity index (χ2v) is 3.96.